The van der Waals surface area contributed by atoms with E-state index in [9.17, 15) is 10.2 Å². The van der Waals surface area contributed by atoms with Crippen molar-refractivity contribution < 1.29 is 10.2 Å². The molecule has 0 amide bonds. The third kappa shape index (κ3) is 1.64. The van der Waals surface area contributed by atoms with Crippen LogP contribution in [0, 0.1) is 34.0 Å². The molecule has 2 N–H and O–H groups in total. The monoisotopic (exact) mass is 306 g/mol. The van der Waals surface area contributed by atoms with Gasteiger partial charge in [0.25, 0.3) is 0 Å². The normalized spacial score (nSPS) is 59.7. The van der Waals surface area contributed by atoms with Crippen LogP contribution in [-0.2, 0) is 0 Å². The second-order valence-corrected chi connectivity index (χ2v) is 10.3. The van der Waals surface area contributed by atoms with E-state index in [1.54, 1.807) is 0 Å². The molecule has 7 atom stereocenters. The molecule has 0 heterocycles. The lowest BCUT2D eigenvalue weighted by molar-refractivity contribution is -0.199. The zero-order valence-corrected chi connectivity index (χ0v) is 14.9. The highest BCUT2D eigenvalue weighted by Crippen LogP contribution is 2.75. The van der Waals surface area contributed by atoms with E-state index < -0.39 is 5.60 Å². The summed E-state index contributed by atoms with van der Waals surface area (Å²) in [6.07, 6.45) is 9.30. The molecule has 2 unspecified atom stereocenters. The molecule has 4 aliphatic rings. The Labute approximate surface area is 135 Å². The van der Waals surface area contributed by atoms with Gasteiger partial charge in [-0.2, -0.15) is 0 Å². The molecule has 2 heteroatoms. The predicted molar refractivity (Wildman–Crippen MR) is 88.4 cm³/mol. The van der Waals surface area contributed by atoms with Gasteiger partial charge in [0.05, 0.1) is 11.7 Å². The minimum Gasteiger partial charge on any atom is -0.393 e. The first-order chi connectivity index (χ1) is 10.1. The van der Waals surface area contributed by atoms with Crippen LogP contribution in [0.1, 0.15) is 79.1 Å². The van der Waals surface area contributed by atoms with E-state index >= 15 is 0 Å². The van der Waals surface area contributed by atoms with Crippen molar-refractivity contribution >= 4 is 0 Å². The maximum atomic E-state index is 10.8. The van der Waals surface area contributed by atoms with E-state index in [1.807, 2.05) is 0 Å². The number of rotatable bonds is 0. The summed E-state index contributed by atoms with van der Waals surface area (Å²) in [4.78, 5) is 0. The van der Waals surface area contributed by atoms with Crippen molar-refractivity contribution in [3.63, 3.8) is 0 Å². The molecule has 2 nitrogen and oxygen atoms in total. The highest BCUT2D eigenvalue weighted by atomic mass is 16.3. The Morgan fingerprint density at radius 3 is 2.32 bits per heavy atom. The molecule has 0 aliphatic heterocycles. The van der Waals surface area contributed by atoms with Gasteiger partial charge in [0.15, 0.2) is 0 Å². The van der Waals surface area contributed by atoms with Crippen LogP contribution in [0.2, 0.25) is 0 Å². The Hall–Kier alpha value is -0.0800. The summed E-state index contributed by atoms with van der Waals surface area (Å²) in [7, 11) is 0. The van der Waals surface area contributed by atoms with Gasteiger partial charge in [-0.05, 0) is 92.3 Å². The predicted octanol–water partition coefficient (Wildman–Crippen LogP) is 4.14. The second-order valence-electron chi connectivity index (χ2n) is 10.3. The lowest BCUT2D eigenvalue weighted by Gasteiger charge is -2.66. The molecule has 0 saturated heterocycles. The Bertz CT molecular complexity index is 482. The smallest absolute Gasteiger partial charge is 0.0648 e. The molecule has 4 fully saturated rings. The Morgan fingerprint density at radius 1 is 0.864 bits per heavy atom. The summed E-state index contributed by atoms with van der Waals surface area (Å²) in [6, 6.07) is 0. The van der Waals surface area contributed by atoms with Gasteiger partial charge in [-0.1, -0.05) is 20.8 Å². The van der Waals surface area contributed by atoms with Crippen molar-refractivity contribution in [2.45, 2.75) is 90.8 Å². The fourth-order valence-electron chi connectivity index (χ4n) is 7.79. The van der Waals surface area contributed by atoms with Crippen LogP contribution < -0.4 is 0 Å². The van der Waals surface area contributed by atoms with Crippen LogP contribution in [0.15, 0.2) is 0 Å². The van der Waals surface area contributed by atoms with Crippen LogP contribution in [0.3, 0.4) is 0 Å². The van der Waals surface area contributed by atoms with Crippen molar-refractivity contribution in [3.05, 3.63) is 0 Å². The largest absolute Gasteiger partial charge is 0.393 e. The maximum Gasteiger partial charge on any atom is 0.0648 e. The lowest BCUT2D eigenvalue weighted by atomic mass is 9.39. The molecule has 4 rings (SSSR count). The first-order valence-electron chi connectivity index (χ1n) is 9.54. The SMILES string of the molecule is CC1(C)C2CCC3C[C@H]4C[C@@]3(CC[C@]4(C)O)[C@@]2(C)CC[C@@H]1O. The molecule has 0 aromatic heterocycles. The van der Waals surface area contributed by atoms with Crippen molar-refractivity contribution in [1.29, 1.82) is 0 Å². The standard InChI is InChI=1S/C20H34O2/c1-17(2)15-6-5-13-11-14-12-20(13,10-9-19(14,4)22)18(15,3)8-7-16(17)21/h13-16,21-22H,5-12H2,1-4H3/t13?,14-,15?,16-,18-,19-,20+/m0/s1. The zero-order valence-electron chi connectivity index (χ0n) is 14.9. The van der Waals surface area contributed by atoms with E-state index in [0.29, 0.717) is 22.7 Å². The lowest BCUT2D eigenvalue weighted by Crippen LogP contribution is -2.61. The van der Waals surface area contributed by atoms with E-state index in [0.717, 1.165) is 18.8 Å². The number of fused-ring (bicyclic) bond motifs is 2. The molecule has 126 valence electrons. The van der Waals surface area contributed by atoms with E-state index in [1.165, 1.54) is 38.5 Å². The first-order valence-corrected chi connectivity index (χ1v) is 9.54. The van der Waals surface area contributed by atoms with Gasteiger partial charge in [-0.25, -0.2) is 0 Å². The fraction of sp³-hybridized carbons (Fsp3) is 1.00. The Morgan fingerprint density at radius 2 is 1.59 bits per heavy atom. The summed E-state index contributed by atoms with van der Waals surface area (Å²) in [5.74, 6) is 1.97. The van der Waals surface area contributed by atoms with Crippen molar-refractivity contribution in [1.82, 2.24) is 0 Å². The Kier molecular flexibility index (Phi) is 3.02. The van der Waals surface area contributed by atoms with Gasteiger partial charge < -0.3 is 10.2 Å². The van der Waals surface area contributed by atoms with Gasteiger partial charge in [-0.15, -0.1) is 0 Å². The van der Waals surface area contributed by atoms with Crippen molar-refractivity contribution in [3.8, 4) is 0 Å². The maximum absolute atomic E-state index is 10.8. The highest BCUT2D eigenvalue weighted by Gasteiger charge is 2.69. The van der Waals surface area contributed by atoms with Crippen LogP contribution in [-0.4, -0.2) is 21.9 Å². The molecule has 1 spiro atoms. The van der Waals surface area contributed by atoms with Gasteiger partial charge in [0, 0.05) is 0 Å². The average Bonchev–Trinajstić information content (AvgIpc) is 2.78. The van der Waals surface area contributed by atoms with Crippen molar-refractivity contribution in [2.24, 2.45) is 34.0 Å². The highest BCUT2D eigenvalue weighted by molar-refractivity contribution is 5.18. The van der Waals surface area contributed by atoms with Crippen LogP contribution in [0.4, 0.5) is 0 Å². The number of aliphatic hydroxyl groups is 2. The first kappa shape index (κ1) is 15.4. The second kappa shape index (κ2) is 4.30. The summed E-state index contributed by atoms with van der Waals surface area (Å²) in [5.41, 5.74) is 0.424. The third-order valence-electron chi connectivity index (χ3n) is 9.32. The quantitative estimate of drug-likeness (QED) is 0.706. The fourth-order valence-corrected chi connectivity index (χ4v) is 7.79. The summed E-state index contributed by atoms with van der Waals surface area (Å²) < 4.78 is 0. The third-order valence-corrected chi connectivity index (χ3v) is 9.32. The zero-order chi connectivity index (χ0) is 16.0. The minimum atomic E-state index is -0.432. The minimum absolute atomic E-state index is 0.0464. The average molecular weight is 306 g/mol. The molecule has 4 saturated carbocycles. The summed E-state index contributed by atoms with van der Waals surface area (Å²) in [6.45, 7) is 9.25. The van der Waals surface area contributed by atoms with Gasteiger partial charge in [0.1, 0.15) is 0 Å². The van der Waals surface area contributed by atoms with Crippen molar-refractivity contribution in [2.75, 3.05) is 0 Å². The number of aliphatic hydroxyl groups excluding tert-OH is 1. The Balaban J connectivity index is 1.76. The molecule has 0 aromatic rings. The van der Waals surface area contributed by atoms with E-state index in [-0.39, 0.29) is 11.5 Å². The van der Waals surface area contributed by atoms with Gasteiger partial charge in [0.2, 0.25) is 0 Å². The van der Waals surface area contributed by atoms with Gasteiger partial charge in [-0.3, -0.25) is 0 Å². The number of hydrogen-bond acceptors (Lipinski definition) is 2. The molecule has 22 heavy (non-hydrogen) atoms. The summed E-state index contributed by atoms with van der Waals surface area (Å²) in [5, 5.41) is 21.4. The van der Waals surface area contributed by atoms with E-state index in [2.05, 4.69) is 27.7 Å². The molecule has 0 radical (unpaired) electrons. The topological polar surface area (TPSA) is 40.5 Å². The molecule has 0 aromatic carbocycles. The summed E-state index contributed by atoms with van der Waals surface area (Å²) >= 11 is 0. The van der Waals surface area contributed by atoms with E-state index in [4.69, 9.17) is 0 Å². The number of hydrogen-bond donors (Lipinski definition) is 2. The molecule has 4 aliphatic carbocycles. The van der Waals surface area contributed by atoms with Crippen LogP contribution in [0.25, 0.3) is 0 Å². The van der Waals surface area contributed by atoms with Crippen LogP contribution >= 0.6 is 0 Å². The van der Waals surface area contributed by atoms with Crippen LogP contribution in [0.5, 0.6) is 0 Å². The molecule has 2 bridgehead atoms. The van der Waals surface area contributed by atoms with Gasteiger partial charge >= 0.3 is 0 Å². The molecular formula is C20H34O2. The molecular weight excluding hydrogens is 272 g/mol.